The number of hydrogen-bond acceptors (Lipinski definition) is 6. The molecule has 0 saturated carbocycles. The molecular formula is C14H17ClN4O3S. The minimum absolute atomic E-state index is 0.0870. The number of ether oxygens (including phenoxy) is 1. The van der Waals surface area contributed by atoms with Crippen molar-refractivity contribution in [3.63, 3.8) is 0 Å². The molecule has 9 heteroatoms. The van der Waals surface area contributed by atoms with Crippen LogP contribution in [-0.4, -0.2) is 33.2 Å². The first-order chi connectivity index (χ1) is 10.9. The lowest BCUT2D eigenvalue weighted by Crippen LogP contribution is -2.24. The van der Waals surface area contributed by atoms with Crippen molar-refractivity contribution >= 4 is 39.9 Å². The molecule has 1 amide bonds. The van der Waals surface area contributed by atoms with Gasteiger partial charge in [0.15, 0.2) is 5.13 Å². The van der Waals surface area contributed by atoms with Gasteiger partial charge in [0.25, 0.3) is 5.91 Å². The van der Waals surface area contributed by atoms with Gasteiger partial charge in [-0.05, 0) is 20.8 Å². The zero-order valence-corrected chi connectivity index (χ0v) is 14.6. The first-order valence-corrected chi connectivity index (χ1v) is 8.28. The molecule has 2 aromatic rings. The summed E-state index contributed by atoms with van der Waals surface area (Å²) in [6.07, 6.45) is 1.69. The molecule has 1 N–H and O–H groups in total. The summed E-state index contributed by atoms with van der Waals surface area (Å²) in [7, 11) is 0. The van der Waals surface area contributed by atoms with Gasteiger partial charge in [-0.3, -0.25) is 14.3 Å². The highest BCUT2D eigenvalue weighted by Crippen LogP contribution is 2.20. The van der Waals surface area contributed by atoms with Crippen LogP contribution in [-0.2, 0) is 20.7 Å². The molecule has 1 unspecified atom stereocenters. The van der Waals surface area contributed by atoms with Crippen molar-refractivity contribution < 1.29 is 14.3 Å². The van der Waals surface area contributed by atoms with Crippen molar-refractivity contribution in [1.82, 2.24) is 14.8 Å². The van der Waals surface area contributed by atoms with E-state index in [1.165, 1.54) is 16.0 Å². The number of carbonyl (C=O) groups is 2. The second-order valence-electron chi connectivity index (χ2n) is 4.83. The maximum Gasteiger partial charge on any atom is 0.311 e. The predicted molar refractivity (Wildman–Crippen MR) is 87.8 cm³/mol. The lowest BCUT2D eigenvalue weighted by molar-refractivity contribution is -0.142. The van der Waals surface area contributed by atoms with Gasteiger partial charge in [0.2, 0.25) is 0 Å². The molecule has 2 heterocycles. The van der Waals surface area contributed by atoms with Crippen molar-refractivity contribution in [2.24, 2.45) is 0 Å². The molecule has 0 bridgehead atoms. The van der Waals surface area contributed by atoms with Crippen LogP contribution in [0.4, 0.5) is 5.13 Å². The number of thiazole rings is 1. The summed E-state index contributed by atoms with van der Waals surface area (Å²) in [5.74, 6) is -0.605. The van der Waals surface area contributed by atoms with Gasteiger partial charge < -0.3 is 10.1 Å². The Hall–Kier alpha value is -1.93. The van der Waals surface area contributed by atoms with Crippen molar-refractivity contribution in [3.8, 4) is 0 Å². The number of nitrogens with one attached hydrogen (secondary N) is 1. The zero-order valence-electron chi connectivity index (χ0n) is 13.0. The van der Waals surface area contributed by atoms with Gasteiger partial charge in [0.1, 0.15) is 6.04 Å². The summed E-state index contributed by atoms with van der Waals surface area (Å²) < 4.78 is 6.36. The van der Waals surface area contributed by atoms with Crippen molar-refractivity contribution in [2.45, 2.75) is 33.2 Å². The Balaban J connectivity index is 1.97. The van der Waals surface area contributed by atoms with E-state index in [0.717, 1.165) is 0 Å². The Labute approximate surface area is 142 Å². The van der Waals surface area contributed by atoms with Crippen LogP contribution in [0.5, 0.6) is 0 Å². The average Bonchev–Trinajstić information content (AvgIpc) is 3.05. The molecular weight excluding hydrogens is 340 g/mol. The molecule has 0 aromatic carbocycles. The number of rotatable bonds is 6. The molecule has 0 radical (unpaired) electrons. The number of aryl methyl sites for hydroxylation is 1. The van der Waals surface area contributed by atoms with Crippen LogP contribution in [0.15, 0.2) is 11.6 Å². The van der Waals surface area contributed by atoms with Gasteiger partial charge in [0, 0.05) is 11.6 Å². The normalized spacial score (nSPS) is 12.0. The van der Waals surface area contributed by atoms with E-state index in [2.05, 4.69) is 15.4 Å². The topological polar surface area (TPSA) is 86.1 Å². The highest BCUT2D eigenvalue weighted by atomic mass is 35.5. The van der Waals surface area contributed by atoms with E-state index in [9.17, 15) is 9.59 Å². The van der Waals surface area contributed by atoms with Crippen molar-refractivity contribution in [2.75, 3.05) is 11.9 Å². The monoisotopic (exact) mass is 356 g/mol. The number of nitrogens with zero attached hydrogens (tertiary/aromatic N) is 3. The molecule has 0 fully saturated rings. The van der Waals surface area contributed by atoms with Gasteiger partial charge in [-0.1, -0.05) is 11.6 Å². The lowest BCUT2D eigenvalue weighted by atomic mass is 10.3. The smallest absolute Gasteiger partial charge is 0.311 e. The maximum atomic E-state index is 12.2. The second-order valence-corrected chi connectivity index (χ2v) is 6.10. The minimum Gasteiger partial charge on any atom is -0.466 e. The van der Waals surface area contributed by atoms with Crippen LogP contribution in [0.25, 0.3) is 0 Å². The van der Waals surface area contributed by atoms with Crippen molar-refractivity contribution in [1.29, 1.82) is 0 Å². The Morgan fingerprint density at radius 2 is 2.26 bits per heavy atom. The van der Waals surface area contributed by atoms with E-state index in [1.807, 2.05) is 0 Å². The first-order valence-electron chi connectivity index (χ1n) is 7.02. The summed E-state index contributed by atoms with van der Waals surface area (Å²) in [5, 5.41) is 9.54. The number of esters is 1. The first kappa shape index (κ1) is 17.4. The molecule has 0 aliphatic heterocycles. The van der Waals surface area contributed by atoms with Crippen LogP contribution in [0, 0.1) is 6.92 Å². The maximum absolute atomic E-state index is 12.2. The van der Waals surface area contributed by atoms with Gasteiger partial charge in [-0.2, -0.15) is 5.10 Å². The lowest BCUT2D eigenvalue weighted by Gasteiger charge is -2.10. The van der Waals surface area contributed by atoms with E-state index >= 15 is 0 Å². The van der Waals surface area contributed by atoms with E-state index in [1.54, 1.807) is 32.3 Å². The van der Waals surface area contributed by atoms with Gasteiger partial charge in [0.05, 0.1) is 29.4 Å². The van der Waals surface area contributed by atoms with Crippen LogP contribution >= 0.6 is 22.9 Å². The van der Waals surface area contributed by atoms with Crippen LogP contribution < -0.4 is 5.32 Å². The fourth-order valence-corrected chi connectivity index (χ4v) is 2.64. The summed E-state index contributed by atoms with van der Waals surface area (Å²) in [6.45, 7) is 5.56. The Morgan fingerprint density at radius 3 is 2.87 bits per heavy atom. The third-order valence-electron chi connectivity index (χ3n) is 3.05. The van der Waals surface area contributed by atoms with Gasteiger partial charge in [-0.25, -0.2) is 4.98 Å². The molecule has 0 aliphatic carbocycles. The third-order valence-corrected chi connectivity index (χ3v) is 4.22. The molecule has 124 valence electrons. The molecule has 23 heavy (non-hydrogen) atoms. The number of halogens is 1. The van der Waals surface area contributed by atoms with E-state index < -0.39 is 6.04 Å². The van der Waals surface area contributed by atoms with Crippen LogP contribution in [0.3, 0.4) is 0 Å². The van der Waals surface area contributed by atoms with E-state index in [4.69, 9.17) is 16.3 Å². The SMILES string of the molecule is CCOC(=O)Cc1csc(NC(=O)C(C)n2cc(Cl)c(C)n2)n1. The zero-order chi connectivity index (χ0) is 17.0. The second kappa shape index (κ2) is 7.56. The summed E-state index contributed by atoms with van der Waals surface area (Å²) in [6, 6.07) is -0.529. The average molecular weight is 357 g/mol. The number of hydrogen-bond donors (Lipinski definition) is 1. The third kappa shape index (κ3) is 4.52. The molecule has 0 saturated heterocycles. The minimum atomic E-state index is -0.529. The fraction of sp³-hybridized carbons (Fsp3) is 0.429. The standard InChI is InChI=1S/C14H17ClN4O3S/c1-4-22-12(20)5-10-7-23-14(16-10)17-13(21)9(3)19-6-11(15)8(2)18-19/h6-7,9H,4-5H2,1-3H3,(H,16,17,21). The van der Waals surface area contributed by atoms with Crippen molar-refractivity contribution in [3.05, 3.63) is 28.0 Å². The van der Waals surface area contributed by atoms with Gasteiger partial charge in [-0.15, -0.1) is 11.3 Å². The molecule has 1 atom stereocenters. The molecule has 2 aromatic heterocycles. The van der Waals surface area contributed by atoms with Crippen LogP contribution in [0.1, 0.15) is 31.3 Å². The Bertz CT molecular complexity index is 693. The number of carbonyl (C=O) groups excluding carboxylic acids is 2. The van der Waals surface area contributed by atoms with Crippen LogP contribution in [0.2, 0.25) is 5.02 Å². The number of aromatic nitrogens is 3. The summed E-state index contributed by atoms with van der Waals surface area (Å²) >= 11 is 7.20. The van der Waals surface area contributed by atoms with Gasteiger partial charge >= 0.3 is 5.97 Å². The Kier molecular flexibility index (Phi) is 5.73. The molecule has 0 aliphatic rings. The predicted octanol–water partition coefficient (Wildman–Crippen LogP) is 2.61. The largest absolute Gasteiger partial charge is 0.466 e. The Morgan fingerprint density at radius 1 is 1.52 bits per heavy atom. The molecule has 0 spiro atoms. The highest BCUT2D eigenvalue weighted by Gasteiger charge is 2.19. The number of amides is 1. The summed E-state index contributed by atoms with van der Waals surface area (Å²) in [5.41, 5.74) is 1.23. The summed E-state index contributed by atoms with van der Waals surface area (Å²) in [4.78, 5) is 27.8. The molecule has 2 rings (SSSR count). The quantitative estimate of drug-likeness (QED) is 0.804. The highest BCUT2D eigenvalue weighted by molar-refractivity contribution is 7.13. The van der Waals surface area contributed by atoms with E-state index in [0.29, 0.717) is 28.1 Å². The number of anilines is 1. The molecule has 7 nitrogen and oxygen atoms in total. The fourth-order valence-electron chi connectivity index (χ4n) is 1.79. The van der Waals surface area contributed by atoms with E-state index in [-0.39, 0.29) is 18.3 Å².